The number of imidazole rings is 1. The molecule has 0 aliphatic heterocycles. The van der Waals surface area contributed by atoms with E-state index in [0.717, 1.165) is 19.3 Å². The molecule has 0 unspecified atom stereocenters. The van der Waals surface area contributed by atoms with Gasteiger partial charge in [-0.25, -0.2) is 9.78 Å². The topological polar surface area (TPSA) is 134 Å². The normalized spacial score (nSPS) is 10.6. The number of carbonyl (C=O) groups excluding carboxylic acids is 3. The maximum Gasteiger partial charge on any atom is 0.345 e. The third-order valence-corrected chi connectivity index (χ3v) is 5.15. The lowest BCUT2D eigenvalue weighted by molar-refractivity contribution is -0.134. The van der Waals surface area contributed by atoms with Crippen molar-refractivity contribution in [2.24, 2.45) is 5.73 Å². The number of rotatable bonds is 15. The molecule has 0 atom stereocenters. The minimum absolute atomic E-state index is 0.114. The first-order valence-corrected chi connectivity index (χ1v) is 11.4. The van der Waals surface area contributed by atoms with Crippen LogP contribution >= 0.6 is 0 Å². The lowest BCUT2D eigenvalue weighted by atomic mass is 10.1. The van der Waals surface area contributed by atoms with E-state index in [1.807, 2.05) is 0 Å². The smallest absolute Gasteiger partial charge is 0.345 e. The van der Waals surface area contributed by atoms with Crippen molar-refractivity contribution in [3.8, 4) is 17.4 Å². The van der Waals surface area contributed by atoms with Gasteiger partial charge in [0, 0.05) is 6.42 Å². The van der Waals surface area contributed by atoms with Crippen LogP contribution in [-0.4, -0.2) is 34.9 Å². The first kappa shape index (κ1) is 25.9. The number of nitrogens with two attached hydrogens (primary N) is 1. The second-order valence-electron chi connectivity index (χ2n) is 7.75. The molecule has 1 aromatic carbocycles. The van der Waals surface area contributed by atoms with Crippen LogP contribution in [0.4, 0.5) is 0 Å². The van der Waals surface area contributed by atoms with Gasteiger partial charge in [-0.3, -0.25) is 9.59 Å². The molecule has 9 heteroatoms. The predicted molar refractivity (Wildman–Crippen MR) is 123 cm³/mol. The van der Waals surface area contributed by atoms with Crippen molar-refractivity contribution in [2.45, 2.75) is 71.1 Å². The van der Waals surface area contributed by atoms with E-state index >= 15 is 0 Å². The lowest BCUT2D eigenvalue weighted by Gasteiger charge is -2.11. The molecule has 0 saturated carbocycles. The zero-order valence-electron chi connectivity index (χ0n) is 19.4. The summed E-state index contributed by atoms with van der Waals surface area (Å²) in [6.07, 6.45) is 12.0. The fourth-order valence-corrected chi connectivity index (χ4v) is 3.31. The van der Waals surface area contributed by atoms with E-state index in [0.29, 0.717) is 6.42 Å². The van der Waals surface area contributed by atoms with Crippen LogP contribution in [0.3, 0.4) is 0 Å². The summed E-state index contributed by atoms with van der Waals surface area (Å²) in [5, 5.41) is 0. The minimum atomic E-state index is -0.804. The van der Waals surface area contributed by atoms with Gasteiger partial charge in [0.05, 0.1) is 19.0 Å². The molecule has 1 amide bonds. The Hall–Kier alpha value is -3.36. The lowest BCUT2D eigenvalue weighted by Crippen LogP contribution is -2.16. The van der Waals surface area contributed by atoms with Crippen LogP contribution in [0.2, 0.25) is 0 Å². The highest BCUT2D eigenvalue weighted by molar-refractivity contribution is 5.96. The third-order valence-electron chi connectivity index (χ3n) is 5.15. The maximum absolute atomic E-state index is 12.4. The van der Waals surface area contributed by atoms with Gasteiger partial charge in [0.15, 0.2) is 17.2 Å². The quantitative estimate of drug-likeness (QED) is 0.226. The summed E-state index contributed by atoms with van der Waals surface area (Å²) in [6, 6.07) is 4.28. The molecule has 0 fully saturated rings. The van der Waals surface area contributed by atoms with Crippen LogP contribution in [0.5, 0.6) is 17.4 Å². The molecule has 1 aromatic heterocycles. The number of primary amides is 1. The highest BCUT2D eigenvalue weighted by Crippen LogP contribution is 2.29. The first-order valence-electron chi connectivity index (χ1n) is 11.4. The second kappa shape index (κ2) is 13.9. The van der Waals surface area contributed by atoms with Gasteiger partial charge in [-0.15, -0.1) is 0 Å². The summed E-state index contributed by atoms with van der Waals surface area (Å²) in [6.45, 7) is 2.21. The number of aromatic nitrogens is 2. The van der Waals surface area contributed by atoms with Gasteiger partial charge in [-0.1, -0.05) is 58.3 Å². The van der Waals surface area contributed by atoms with Crippen LogP contribution in [0.15, 0.2) is 24.5 Å². The van der Waals surface area contributed by atoms with Gasteiger partial charge in [-0.05, 0) is 24.6 Å². The number of carbonyl (C=O) groups is 3. The van der Waals surface area contributed by atoms with Crippen LogP contribution in [0.25, 0.3) is 0 Å². The number of benzene rings is 1. The number of H-pyrrole nitrogens is 1. The Balaban J connectivity index is 1.81. The number of hydrogen-bond acceptors (Lipinski definition) is 7. The Labute approximate surface area is 194 Å². The summed E-state index contributed by atoms with van der Waals surface area (Å²) >= 11 is 0. The molecular weight excluding hydrogens is 426 g/mol. The van der Waals surface area contributed by atoms with Crippen molar-refractivity contribution in [3.63, 3.8) is 0 Å². The summed E-state index contributed by atoms with van der Waals surface area (Å²) in [5.74, 6) is -1.72. The molecule has 9 nitrogen and oxygen atoms in total. The number of methoxy groups -OCH3 is 1. The monoisotopic (exact) mass is 459 g/mol. The van der Waals surface area contributed by atoms with E-state index in [-0.39, 0.29) is 34.6 Å². The predicted octanol–water partition coefficient (Wildman–Crippen LogP) is 4.56. The van der Waals surface area contributed by atoms with Crippen molar-refractivity contribution in [3.05, 3.63) is 35.8 Å². The Kier molecular flexibility index (Phi) is 10.9. The molecule has 0 saturated heterocycles. The van der Waals surface area contributed by atoms with E-state index in [2.05, 4.69) is 16.9 Å². The van der Waals surface area contributed by atoms with E-state index in [4.69, 9.17) is 19.9 Å². The summed E-state index contributed by atoms with van der Waals surface area (Å²) in [5.41, 5.74) is 5.21. The van der Waals surface area contributed by atoms with Gasteiger partial charge in [0.2, 0.25) is 0 Å². The molecule has 3 N–H and O–H groups in total. The average Bonchev–Trinajstić information content (AvgIpc) is 3.26. The second-order valence-corrected chi connectivity index (χ2v) is 7.75. The molecule has 0 aliphatic carbocycles. The zero-order chi connectivity index (χ0) is 24.1. The number of unbranched alkanes of at least 4 members (excludes halogenated alkanes) is 8. The molecule has 1 heterocycles. The van der Waals surface area contributed by atoms with Crippen molar-refractivity contribution in [2.75, 3.05) is 7.11 Å². The van der Waals surface area contributed by atoms with E-state index in [1.165, 1.54) is 70.2 Å². The van der Waals surface area contributed by atoms with E-state index in [9.17, 15) is 14.4 Å². The SMILES string of the molecule is CCCCCCCCCCCC(=O)Oc1ccc(C(=O)Oc2nc[nH]c2C(N)=O)cc1OC. The number of nitrogens with one attached hydrogen (secondary N) is 1. The van der Waals surface area contributed by atoms with Crippen molar-refractivity contribution >= 4 is 17.8 Å². The molecule has 0 spiro atoms. The van der Waals surface area contributed by atoms with Gasteiger partial charge < -0.3 is 24.9 Å². The van der Waals surface area contributed by atoms with Crippen LogP contribution in [0, 0.1) is 0 Å². The number of nitrogens with zero attached hydrogens (tertiary/aromatic N) is 1. The fourth-order valence-electron chi connectivity index (χ4n) is 3.31. The van der Waals surface area contributed by atoms with Gasteiger partial charge in [-0.2, -0.15) is 0 Å². The molecule has 180 valence electrons. The van der Waals surface area contributed by atoms with Crippen molar-refractivity contribution < 1.29 is 28.6 Å². The molecule has 0 aliphatic rings. The first-order chi connectivity index (χ1) is 16.0. The van der Waals surface area contributed by atoms with E-state index in [1.54, 1.807) is 0 Å². The molecule has 2 aromatic rings. The number of amides is 1. The van der Waals surface area contributed by atoms with Crippen LogP contribution in [0.1, 0.15) is 92.0 Å². The van der Waals surface area contributed by atoms with Gasteiger partial charge in [0.25, 0.3) is 11.8 Å². The largest absolute Gasteiger partial charge is 0.493 e. The highest BCUT2D eigenvalue weighted by Gasteiger charge is 2.19. The molecule has 33 heavy (non-hydrogen) atoms. The van der Waals surface area contributed by atoms with E-state index < -0.39 is 11.9 Å². The van der Waals surface area contributed by atoms with Crippen LogP contribution in [-0.2, 0) is 4.79 Å². The fraction of sp³-hybridized carbons (Fsp3) is 0.500. The Morgan fingerprint density at radius 3 is 2.24 bits per heavy atom. The third kappa shape index (κ3) is 8.59. The number of aromatic amines is 1. The standard InChI is InChI=1S/C24H33N3O6/c1-3-4-5-6-7-8-9-10-11-12-20(28)32-18-14-13-17(15-19(18)31-2)24(30)33-23-21(22(25)29)26-16-27-23/h13-16H,3-12H2,1-2H3,(H2,25,29)(H,26,27). The summed E-state index contributed by atoms with van der Waals surface area (Å²) in [4.78, 5) is 42.2. The number of hydrogen-bond donors (Lipinski definition) is 2. The van der Waals surface area contributed by atoms with Gasteiger partial charge >= 0.3 is 11.9 Å². The molecular formula is C24H33N3O6. The minimum Gasteiger partial charge on any atom is -0.493 e. The number of ether oxygens (including phenoxy) is 3. The van der Waals surface area contributed by atoms with Crippen molar-refractivity contribution in [1.29, 1.82) is 0 Å². The number of esters is 2. The Bertz CT molecular complexity index is 925. The summed E-state index contributed by atoms with van der Waals surface area (Å²) in [7, 11) is 1.40. The average molecular weight is 460 g/mol. The Morgan fingerprint density at radius 1 is 0.939 bits per heavy atom. The molecule has 2 rings (SSSR count). The Morgan fingerprint density at radius 2 is 1.61 bits per heavy atom. The molecule has 0 bridgehead atoms. The maximum atomic E-state index is 12.4. The highest BCUT2D eigenvalue weighted by atomic mass is 16.6. The zero-order valence-corrected chi connectivity index (χ0v) is 19.4. The van der Waals surface area contributed by atoms with Gasteiger partial charge in [0.1, 0.15) is 0 Å². The molecule has 0 radical (unpaired) electrons. The van der Waals surface area contributed by atoms with Crippen molar-refractivity contribution in [1.82, 2.24) is 9.97 Å². The van der Waals surface area contributed by atoms with Crippen LogP contribution < -0.4 is 19.9 Å². The summed E-state index contributed by atoms with van der Waals surface area (Å²) < 4.78 is 15.8.